The van der Waals surface area contributed by atoms with E-state index < -0.39 is 0 Å². The predicted octanol–water partition coefficient (Wildman–Crippen LogP) is 5.43. The van der Waals surface area contributed by atoms with Gasteiger partial charge < -0.3 is 5.32 Å². The van der Waals surface area contributed by atoms with Crippen LogP contribution in [0, 0.1) is 12.3 Å². The maximum absolute atomic E-state index is 11.9. The molecule has 6 heteroatoms. The summed E-state index contributed by atoms with van der Waals surface area (Å²) in [4.78, 5) is 16.5. The Morgan fingerprint density at radius 1 is 1.36 bits per heavy atom. The Morgan fingerprint density at radius 2 is 2.28 bits per heavy atom. The molecular weight excluding hydrogens is 368 g/mol. The summed E-state index contributed by atoms with van der Waals surface area (Å²) in [6.45, 7) is 0. The first kappa shape index (κ1) is 18.0. The van der Waals surface area contributed by atoms with Gasteiger partial charge in [0.1, 0.15) is 0 Å². The van der Waals surface area contributed by atoms with E-state index in [2.05, 4.69) is 33.0 Å². The number of hydrogen-bond donors (Lipinski definition) is 1. The molecule has 0 spiro atoms. The van der Waals surface area contributed by atoms with Crippen LogP contribution in [-0.4, -0.2) is 16.6 Å². The zero-order chi connectivity index (χ0) is 17.5. The van der Waals surface area contributed by atoms with Crippen molar-refractivity contribution in [2.24, 2.45) is 0 Å². The fraction of sp³-hybridized carbons (Fsp3) is 0.263. The molecule has 0 unspecified atom stereocenters. The average Bonchev–Trinajstić information content (AvgIpc) is 3.24. The normalized spacial score (nSPS) is 10.7. The van der Waals surface area contributed by atoms with E-state index >= 15 is 0 Å². The summed E-state index contributed by atoms with van der Waals surface area (Å²) in [5.74, 6) is 3.58. The molecule has 2 heterocycles. The summed E-state index contributed by atoms with van der Waals surface area (Å²) in [5.41, 5.74) is 3.18. The van der Waals surface area contributed by atoms with Crippen LogP contribution in [0.3, 0.4) is 0 Å². The molecule has 0 bridgehead atoms. The van der Waals surface area contributed by atoms with Crippen LogP contribution in [-0.2, 0) is 11.2 Å². The number of thiophene rings is 1. The lowest BCUT2D eigenvalue weighted by Crippen LogP contribution is -2.10. The van der Waals surface area contributed by atoms with Crippen LogP contribution in [0.5, 0.6) is 0 Å². The number of thioether (sulfide) groups is 1. The lowest BCUT2D eigenvalue weighted by atomic mass is 10.2. The standard InChI is InChI=1S/C19H18N2OS3/c1-2-3-4-5-18(22)20-15-6-7-16-17(12-15)25-19(21-16)24-11-9-14-8-10-23-13-14/h1,6-8,10,12-13H,3-5,9,11H2,(H,20,22). The summed E-state index contributed by atoms with van der Waals surface area (Å²) in [5, 5.41) is 7.23. The molecule has 1 amide bonds. The molecule has 0 radical (unpaired) electrons. The number of anilines is 1. The minimum atomic E-state index is 0.00415. The lowest BCUT2D eigenvalue weighted by Gasteiger charge is -2.04. The number of benzene rings is 1. The number of thiazole rings is 1. The molecule has 3 nitrogen and oxygen atoms in total. The summed E-state index contributed by atoms with van der Waals surface area (Å²) in [6, 6.07) is 8.03. The van der Waals surface area contributed by atoms with Crippen molar-refractivity contribution in [3.8, 4) is 12.3 Å². The van der Waals surface area contributed by atoms with E-state index in [1.54, 1.807) is 34.4 Å². The van der Waals surface area contributed by atoms with Gasteiger partial charge in [0.05, 0.1) is 10.2 Å². The zero-order valence-electron chi connectivity index (χ0n) is 13.7. The molecule has 25 heavy (non-hydrogen) atoms. The van der Waals surface area contributed by atoms with Crippen molar-refractivity contribution < 1.29 is 4.79 Å². The largest absolute Gasteiger partial charge is 0.326 e. The molecule has 2 aromatic heterocycles. The van der Waals surface area contributed by atoms with Crippen LogP contribution < -0.4 is 5.32 Å². The highest BCUT2D eigenvalue weighted by atomic mass is 32.2. The molecule has 3 rings (SSSR count). The number of terminal acetylenes is 1. The van der Waals surface area contributed by atoms with Gasteiger partial charge in [-0.2, -0.15) is 11.3 Å². The van der Waals surface area contributed by atoms with Gasteiger partial charge in [-0.05, 0) is 53.4 Å². The van der Waals surface area contributed by atoms with Gasteiger partial charge in [0.15, 0.2) is 4.34 Å². The number of carbonyl (C=O) groups excluding carboxylic acids is 1. The number of amides is 1. The predicted molar refractivity (Wildman–Crippen MR) is 110 cm³/mol. The van der Waals surface area contributed by atoms with Crippen LogP contribution in [0.2, 0.25) is 0 Å². The molecule has 0 aliphatic rings. The van der Waals surface area contributed by atoms with Gasteiger partial charge in [-0.1, -0.05) is 11.8 Å². The number of aryl methyl sites for hydroxylation is 1. The number of aromatic nitrogens is 1. The van der Waals surface area contributed by atoms with Crippen molar-refractivity contribution in [1.82, 2.24) is 4.98 Å². The smallest absolute Gasteiger partial charge is 0.224 e. The van der Waals surface area contributed by atoms with Gasteiger partial charge in [-0.25, -0.2) is 4.98 Å². The second kappa shape index (κ2) is 9.04. The van der Waals surface area contributed by atoms with Crippen LogP contribution in [0.1, 0.15) is 24.8 Å². The first-order valence-corrected chi connectivity index (χ1v) is 10.8. The molecule has 3 aromatic rings. The molecule has 0 fully saturated rings. The third-order valence-corrected chi connectivity index (χ3v) is 6.47. The molecule has 128 valence electrons. The lowest BCUT2D eigenvalue weighted by molar-refractivity contribution is -0.116. The quantitative estimate of drug-likeness (QED) is 0.319. The zero-order valence-corrected chi connectivity index (χ0v) is 16.1. The van der Waals surface area contributed by atoms with Crippen LogP contribution in [0.15, 0.2) is 39.4 Å². The molecule has 0 saturated carbocycles. The molecule has 0 aliphatic carbocycles. The number of carbonyl (C=O) groups is 1. The van der Waals surface area contributed by atoms with Crippen molar-refractivity contribution >= 4 is 56.2 Å². The highest BCUT2D eigenvalue weighted by Gasteiger charge is 2.07. The van der Waals surface area contributed by atoms with Crippen LogP contribution in [0.25, 0.3) is 10.2 Å². The van der Waals surface area contributed by atoms with Crippen molar-refractivity contribution in [2.75, 3.05) is 11.1 Å². The van der Waals surface area contributed by atoms with Gasteiger partial charge >= 0.3 is 0 Å². The highest BCUT2D eigenvalue weighted by molar-refractivity contribution is 8.01. The number of nitrogens with zero attached hydrogens (tertiary/aromatic N) is 1. The summed E-state index contributed by atoms with van der Waals surface area (Å²) < 4.78 is 2.17. The van der Waals surface area contributed by atoms with Crippen molar-refractivity contribution in [3.05, 3.63) is 40.6 Å². The SMILES string of the molecule is C#CCCCC(=O)Nc1ccc2nc(SCCc3ccsc3)sc2c1. The Hall–Kier alpha value is -1.81. The fourth-order valence-corrected chi connectivity index (χ4v) is 5.18. The molecule has 1 aromatic carbocycles. The maximum Gasteiger partial charge on any atom is 0.224 e. The summed E-state index contributed by atoms with van der Waals surface area (Å²) >= 11 is 5.19. The number of rotatable bonds is 8. The minimum Gasteiger partial charge on any atom is -0.326 e. The third kappa shape index (κ3) is 5.33. The van der Waals surface area contributed by atoms with Gasteiger partial charge in [0.25, 0.3) is 0 Å². The van der Waals surface area contributed by atoms with E-state index in [-0.39, 0.29) is 5.91 Å². The molecular formula is C19H18N2OS3. The second-order valence-corrected chi connectivity index (χ2v) is 8.65. The molecule has 0 atom stereocenters. The number of fused-ring (bicyclic) bond motifs is 1. The number of nitrogens with one attached hydrogen (secondary N) is 1. The first-order chi connectivity index (χ1) is 12.2. The van der Waals surface area contributed by atoms with E-state index in [1.165, 1.54) is 5.56 Å². The van der Waals surface area contributed by atoms with Crippen molar-refractivity contribution in [2.45, 2.75) is 30.0 Å². The van der Waals surface area contributed by atoms with Gasteiger partial charge in [0, 0.05) is 24.3 Å². The topological polar surface area (TPSA) is 42.0 Å². The number of hydrogen-bond acceptors (Lipinski definition) is 5. The van der Waals surface area contributed by atoms with E-state index in [4.69, 9.17) is 6.42 Å². The average molecular weight is 387 g/mol. The molecule has 1 N–H and O–H groups in total. The Balaban J connectivity index is 1.57. The first-order valence-electron chi connectivity index (χ1n) is 8.02. The van der Waals surface area contributed by atoms with Crippen LogP contribution in [0.4, 0.5) is 5.69 Å². The van der Waals surface area contributed by atoms with E-state index in [1.807, 2.05) is 18.2 Å². The van der Waals surface area contributed by atoms with Gasteiger partial charge in [0.2, 0.25) is 5.91 Å². The minimum absolute atomic E-state index is 0.00415. The Kier molecular flexibility index (Phi) is 6.51. The fourth-order valence-electron chi connectivity index (χ4n) is 2.31. The maximum atomic E-state index is 11.9. The van der Waals surface area contributed by atoms with Gasteiger partial charge in [-0.3, -0.25) is 4.79 Å². The van der Waals surface area contributed by atoms with Crippen LogP contribution >= 0.6 is 34.4 Å². The number of unbranched alkanes of at least 4 members (excludes halogenated alkanes) is 1. The monoisotopic (exact) mass is 386 g/mol. The Morgan fingerprint density at radius 3 is 3.08 bits per heavy atom. The Labute approximate surface area is 159 Å². The highest BCUT2D eigenvalue weighted by Crippen LogP contribution is 2.31. The third-order valence-electron chi connectivity index (χ3n) is 3.57. The van der Waals surface area contributed by atoms with E-state index in [9.17, 15) is 4.79 Å². The molecule has 0 saturated heterocycles. The van der Waals surface area contributed by atoms with Gasteiger partial charge in [-0.15, -0.1) is 23.7 Å². The molecule has 0 aliphatic heterocycles. The second-order valence-electron chi connectivity index (χ2n) is 5.50. The summed E-state index contributed by atoms with van der Waals surface area (Å²) in [7, 11) is 0. The van der Waals surface area contributed by atoms with E-state index in [0.717, 1.165) is 38.8 Å². The van der Waals surface area contributed by atoms with E-state index in [0.29, 0.717) is 12.8 Å². The van der Waals surface area contributed by atoms with Crippen molar-refractivity contribution in [1.29, 1.82) is 0 Å². The summed E-state index contributed by atoms with van der Waals surface area (Å²) in [6.07, 6.45) is 8.07. The Bertz CT molecular complexity index is 878. The van der Waals surface area contributed by atoms with Crippen molar-refractivity contribution in [3.63, 3.8) is 0 Å².